The van der Waals surface area contributed by atoms with Crippen LogP contribution in [0.25, 0.3) is 11.4 Å². The van der Waals surface area contributed by atoms with E-state index in [2.05, 4.69) is 44.1 Å². The van der Waals surface area contributed by atoms with E-state index in [9.17, 15) is 4.79 Å². The highest BCUT2D eigenvalue weighted by atomic mass is 32.2. The predicted octanol–water partition coefficient (Wildman–Crippen LogP) is 4.54. The van der Waals surface area contributed by atoms with Crippen molar-refractivity contribution in [1.29, 1.82) is 0 Å². The van der Waals surface area contributed by atoms with Crippen LogP contribution in [0.5, 0.6) is 0 Å². The first-order valence-corrected chi connectivity index (χ1v) is 12.0. The third-order valence-electron chi connectivity index (χ3n) is 5.89. The Morgan fingerprint density at radius 1 is 1.13 bits per heavy atom. The Labute approximate surface area is 187 Å². The molecule has 6 nitrogen and oxygen atoms in total. The van der Waals surface area contributed by atoms with Crippen molar-refractivity contribution < 1.29 is 4.79 Å². The summed E-state index contributed by atoms with van der Waals surface area (Å²) < 4.78 is 2.25. The Hall–Kier alpha value is -2.67. The minimum absolute atomic E-state index is 0.0232. The Bertz CT molecular complexity index is 976. The average molecular weight is 436 g/mol. The Kier molecular flexibility index (Phi) is 7.35. The molecule has 0 radical (unpaired) electrons. The molecule has 2 aromatic heterocycles. The van der Waals surface area contributed by atoms with E-state index in [0.29, 0.717) is 24.3 Å². The summed E-state index contributed by atoms with van der Waals surface area (Å²) in [4.78, 5) is 16.7. The fraction of sp³-hybridized carbons (Fsp3) is 0.417. The number of benzene rings is 1. The number of nitrogens with zero attached hydrogens (tertiary/aromatic N) is 4. The van der Waals surface area contributed by atoms with Gasteiger partial charge in [-0.25, -0.2) is 0 Å². The number of amides is 1. The van der Waals surface area contributed by atoms with Crippen LogP contribution < -0.4 is 5.32 Å². The second-order valence-corrected chi connectivity index (χ2v) is 9.06. The maximum atomic E-state index is 12.4. The first kappa shape index (κ1) is 21.6. The number of carbonyl (C=O) groups is 1. The fourth-order valence-electron chi connectivity index (χ4n) is 4.22. The van der Waals surface area contributed by atoms with Crippen LogP contribution in [0.2, 0.25) is 0 Å². The highest BCUT2D eigenvalue weighted by molar-refractivity contribution is 7.99. The summed E-state index contributed by atoms with van der Waals surface area (Å²) in [5.41, 5.74) is 2.19. The lowest BCUT2D eigenvalue weighted by Gasteiger charge is -2.31. The first-order valence-electron chi connectivity index (χ1n) is 11.0. The molecule has 2 atom stereocenters. The molecular weight excluding hydrogens is 406 g/mol. The van der Waals surface area contributed by atoms with Crippen molar-refractivity contribution in [3.63, 3.8) is 0 Å². The van der Waals surface area contributed by atoms with Crippen LogP contribution in [0, 0.1) is 5.92 Å². The van der Waals surface area contributed by atoms with Crippen molar-refractivity contribution >= 4 is 17.7 Å². The van der Waals surface area contributed by atoms with E-state index in [1.807, 2.05) is 36.5 Å². The van der Waals surface area contributed by atoms with Crippen molar-refractivity contribution in [2.45, 2.75) is 50.2 Å². The van der Waals surface area contributed by atoms with Crippen LogP contribution in [0.3, 0.4) is 0 Å². The summed E-state index contributed by atoms with van der Waals surface area (Å²) in [6, 6.07) is 14.5. The quantitative estimate of drug-likeness (QED) is 0.526. The summed E-state index contributed by atoms with van der Waals surface area (Å²) in [5.74, 6) is 1.76. The van der Waals surface area contributed by atoms with E-state index < -0.39 is 0 Å². The maximum absolute atomic E-state index is 12.4. The number of pyridine rings is 1. The molecule has 0 aliphatic heterocycles. The molecule has 1 aliphatic rings. The predicted molar refractivity (Wildman–Crippen MR) is 124 cm³/mol. The number of hydrogen-bond donors (Lipinski definition) is 1. The first-order chi connectivity index (χ1) is 15.2. The van der Waals surface area contributed by atoms with Gasteiger partial charge in [0.2, 0.25) is 5.91 Å². The Morgan fingerprint density at radius 2 is 1.97 bits per heavy atom. The zero-order chi connectivity index (χ0) is 21.5. The fourth-order valence-corrected chi connectivity index (χ4v) is 5.04. The minimum atomic E-state index is 0.0232. The van der Waals surface area contributed by atoms with Gasteiger partial charge in [-0.3, -0.25) is 14.3 Å². The number of carbonyl (C=O) groups excluding carboxylic acids is 1. The highest BCUT2D eigenvalue weighted by Crippen LogP contribution is 2.38. The monoisotopic (exact) mass is 435 g/mol. The summed E-state index contributed by atoms with van der Waals surface area (Å²) >= 11 is 1.47. The molecule has 7 heteroatoms. The van der Waals surface area contributed by atoms with Crippen LogP contribution >= 0.6 is 11.8 Å². The van der Waals surface area contributed by atoms with Gasteiger partial charge in [0.25, 0.3) is 0 Å². The number of nitrogens with one attached hydrogen (secondary N) is 1. The zero-order valence-corrected chi connectivity index (χ0v) is 18.7. The second-order valence-electron chi connectivity index (χ2n) is 8.12. The molecule has 1 fully saturated rings. The van der Waals surface area contributed by atoms with Gasteiger partial charge in [0, 0.05) is 30.5 Å². The lowest BCUT2D eigenvalue weighted by molar-refractivity contribution is -0.118. The lowest BCUT2D eigenvalue weighted by atomic mass is 9.85. The van der Waals surface area contributed by atoms with Gasteiger partial charge in [0.05, 0.1) is 5.75 Å². The van der Waals surface area contributed by atoms with Crippen molar-refractivity contribution in [3.05, 3.63) is 60.4 Å². The smallest absolute Gasteiger partial charge is 0.230 e. The normalized spacial score (nSPS) is 18.6. The van der Waals surface area contributed by atoms with E-state index >= 15 is 0 Å². The highest BCUT2D eigenvalue weighted by Gasteiger charge is 2.28. The standard InChI is InChI=1S/C24H29N5OS/c1-18-8-5-6-12-21(18)29-23(20-11-7-14-25-16-20)27-28-24(29)31-17-22(30)26-15-13-19-9-3-2-4-10-19/h2-4,7,9-11,14,16,18,21H,5-6,8,12-13,15,17H2,1H3,(H,26,30). The van der Waals surface area contributed by atoms with Crippen molar-refractivity contribution in [2.24, 2.45) is 5.92 Å². The van der Waals surface area contributed by atoms with E-state index in [0.717, 1.165) is 29.4 Å². The third-order valence-corrected chi connectivity index (χ3v) is 6.84. The molecule has 1 amide bonds. The Balaban J connectivity index is 1.43. The molecule has 1 N–H and O–H groups in total. The molecule has 4 rings (SSSR count). The van der Waals surface area contributed by atoms with Gasteiger partial charge in [-0.1, -0.05) is 61.9 Å². The lowest BCUT2D eigenvalue weighted by Crippen LogP contribution is -2.28. The molecule has 2 unspecified atom stereocenters. The molecule has 0 bridgehead atoms. The largest absolute Gasteiger partial charge is 0.355 e. The van der Waals surface area contributed by atoms with Crippen LogP contribution in [-0.4, -0.2) is 38.0 Å². The topological polar surface area (TPSA) is 72.7 Å². The van der Waals surface area contributed by atoms with E-state index in [4.69, 9.17) is 0 Å². The van der Waals surface area contributed by atoms with Crippen LogP contribution in [-0.2, 0) is 11.2 Å². The molecule has 0 saturated heterocycles. The van der Waals surface area contributed by atoms with Crippen molar-refractivity contribution in [1.82, 2.24) is 25.1 Å². The molecule has 1 saturated carbocycles. The van der Waals surface area contributed by atoms with Crippen LogP contribution in [0.4, 0.5) is 0 Å². The number of aromatic nitrogens is 4. The molecule has 1 aromatic carbocycles. The van der Waals surface area contributed by atoms with Crippen LogP contribution in [0.1, 0.15) is 44.2 Å². The third kappa shape index (κ3) is 5.53. The molecule has 1 aliphatic carbocycles. The Morgan fingerprint density at radius 3 is 2.74 bits per heavy atom. The van der Waals surface area contributed by atoms with Gasteiger partial charge in [0.1, 0.15) is 0 Å². The second kappa shape index (κ2) is 10.6. The zero-order valence-electron chi connectivity index (χ0n) is 17.9. The summed E-state index contributed by atoms with van der Waals surface area (Å²) in [5, 5.41) is 12.8. The number of thioether (sulfide) groups is 1. The van der Waals surface area contributed by atoms with Gasteiger partial charge in [-0.15, -0.1) is 10.2 Å². The van der Waals surface area contributed by atoms with Gasteiger partial charge in [0.15, 0.2) is 11.0 Å². The van der Waals surface area contributed by atoms with E-state index in [1.165, 1.54) is 36.6 Å². The molecule has 3 aromatic rings. The maximum Gasteiger partial charge on any atom is 0.230 e. The molecule has 0 spiro atoms. The van der Waals surface area contributed by atoms with Gasteiger partial charge in [-0.05, 0) is 42.9 Å². The SMILES string of the molecule is CC1CCCCC1n1c(SCC(=O)NCCc2ccccc2)nnc1-c1cccnc1. The molecule has 31 heavy (non-hydrogen) atoms. The number of rotatable bonds is 8. The molecule has 2 heterocycles. The average Bonchev–Trinajstić information content (AvgIpc) is 3.23. The summed E-state index contributed by atoms with van der Waals surface area (Å²) in [6.07, 6.45) is 9.24. The molecular formula is C24H29N5OS. The van der Waals surface area contributed by atoms with Gasteiger partial charge >= 0.3 is 0 Å². The summed E-state index contributed by atoms with van der Waals surface area (Å²) in [7, 11) is 0. The van der Waals surface area contributed by atoms with E-state index in [-0.39, 0.29) is 5.91 Å². The van der Waals surface area contributed by atoms with E-state index in [1.54, 1.807) is 6.20 Å². The molecule has 162 valence electrons. The number of hydrogen-bond acceptors (Lipinski definition) is 5. The van der Waals surface area contributed by atoms with Crippen molar-refractivity contribution in [2.75, 3.05) is 12.3 Å². The minimum Gasteiger partial charge on any atom is -0.355 e. The van der Waals surface area contributed by atoms with Gasteiger partial charge < -0.3 is 5.32 Å². The van der Waals surface area contributed by atoms with Gasteiger partial charge in [-0.2, -0.15) is 0 Å². The summed E-state index contributed by atoms with van der Waals surface area (Å²) in [6.45, 7) is 2.94. The van der Waals surface area contributed by atoms with Crippen molar-refractivity contribution in [3.8, 4) is 11.4 Å². The van der Waals surface area contributed by atoms with Crippen LogP contribution in [0.15, 0.2) is 60.0 Å².